The highest BCUT2D eigenvalue weighted by molar-refractivity contribution is 6.03. The molecule has 2 heterocycles. The summed E-state index contributed by atoms with van der Waals surface area (Å²) in [5.41, 5.74) is 4.22. The summed E-state index contributed by atoms with van der Waals surface area (Å²) in [6.45, 7) is 2.11. The van der Waals surface area contributed by atoms with E-state index in [1.54, 1.807) is 36.5 Å². The number of nitrogens with one attached hydrogen (secondary N) is 1. The van der Waals surface area contributed by atoms with Crippen molar-refractivity contribution < 1.29 is 13.7 Å². The first kappa shape index (κ1) is 16.8. The minimum Gasteiger partial charge on any atom is -0.444 e. The molecule has 2 aromatic heterocycles. The number of carbonyl (C=O) groups is 1. The number of oxazole rings is 1. The van der Waals surface area contributed by atoms with Crippen molar-refractivity contribution in [1.29, 1.82) is 0 Å². The second kappa shape index (κ2) is 7.29. The van der Waals surface area contributed by atoms with E-state index in [4.69, 9.17) is 8.94 Å². The minimum atomic E-state index is -0.275. The summed E-state index contributed by atoms with van der Waals surface area (Å²) in [5.74, 6) is 0.674. The third kappa shape index (κ3) is 3.64. The van der Waals surface area contributed by atoms with E-state index in [2.05, 4.69) is 34.5 Å². The van der Waals surface area contributed by atoms with Crippen LogP contribution in [-0.2, 0) is 6.42 Å². The van der Waals surface area contributed by atoms with Gasteiger partial charge in [0.2, 0.25) is 5.88 Å². The van der Waals surface area contributed by atoms with Gasteiger partial charge in [-0.25, -0.2) is 4.98 Å². The Labute approximate surface area is 155 Å². The van der Waals surface area contributed by atoms with Crippen LogP contribution in [0.1, 0.15) is 22.8 Å². The number of hydrogen-bond donors (Lipinski definition) is 1. The van der Waals surface area contributed by atoms with Crippen molar-refractivity contribution in [3.63, 3.8) is 0 Å². The van der Waals surface area contributed by atoms with Crippen molar-refractivity contribution in [3.05, 3.63) is 78.3 Å². The normalized spacial score (nSPS) is 10.7. The number of anilines is 1. The Balaban J connectivity index is 1.46. The van der Waals surface area contributed by atoms with Gasteiger partial charge in [0, 0.05) is 22.8 Å². The molecule has 0 unspecified atom stereocenters. The standard InChI is InChI=1S/C21H17N3O3/c1-2-14-3-5-15(6-4-14)18-11-20(27-24-18)23-21(25)17-9-7-16(8-10-17)19-12-22-13-26-19/h3-13H,2H2,1H3,(H,23,25). The lowest BCUT2D eigenvalue weighted by Gasteiger charge is -2.02. The van der Waals surface area contributed by atoms with Gasteiger partial charge in [-0.3, -0.25) is 10.1 Å². The third-order valence-electron chi connectivity index (χ3n) is 4.27. The van der Waals surface area contributed by atoms with E-state index in [1.807, 2.05) is 12.1 Å². The summed E-state index contributed by atoms with van der Waals surface area (Å²) in [4.78, 5) is 16.3. The maximum Gasteiger partial charge on any atom is 0.258 e. The van der Waals surface area contributed by atoms with Gasteiger partial charge in [-0.15, -0.1) is 0 Å². The molecule has 1 N–H and O–H groups in total. The van der Waals surface area contributed by atoms with Crippen molar-refractivity contribution in [2.24, 2.45) is 0 Å². The lowest BCUT2D eigenvalue weighted by Crippen LogP contribution is -2.11. The summed E-state index contributed by atoms with van der Waals surface area (Å²) in [6.07, 6.45) is 3.97. The molecule has 1 amide bonds. The van der Waals surface area contributed by atoms with Crippen LogP contribution < -0.4 is 5.32 Å². The van der Waals surface area contributed by atoms with Crippen LogP contribution in [0.15, 0.2) is 76.1 Å². The van der Waals surface area contributed by atoms with Crippen molar-refractivity contribution >= 4 is 11.8 Å². The maximum atomic E-state index is 12.4. The number of carbonyl (C=O) groups excluding carboxylic acids is 1. The van der Waals surface area contributed by atoms with E-state index in [-0.39, 0.29) is 5.91 Å². The fourth-order valence-corrected chi connectivity index (χ4v) is 2.71. The molecule has 6 nitrogen and oxygen atoms in total. The Bertz CT molecular complexity index is 1030. The summed E-state index contributed by atoms with van der Waals surface area (Å²) in [6, 6.07) is 16.8. The summed E-state index contributed by atoms with van der Waals surface area (Å²) in [5, 5.41) is 6.75. The van der Waals surface area contributed by atoms with Crippen molar-refractivity contribution in [1.82, 2.24) is 10.1 Å². The van der Waals surface area contributed by atoms with E-state index < -0.39 is 0 Å². The number of rotatable bonds is 5. The number of aromatic nitrogens is 2. The minimum absolute atomic E-state index is 0.275. The molecule has 4 aromatic rings. The summed E-state index contributed by atoms with van der Waals surface area (Å²) in [7, 11) is 0. The molecule has 0 atom stereocenters. The Morgan fingerprint density at radius 2 is 1.78 bits per heavy atom. The van der Waals surface area contributed by atoms with E-state index >= 15 is 0 Å². The molecule has 6 heteroatoms. The largest absolute Gasteiger partial charge is 0.444 e. The fraction of sp³-hybridized carbons (Fsp3) is 0.0952. The molecule has 0 saturated carbocycles. The van der Waals surface area contributed by atoms with Gasteiger partial charge in [0.15, 0.2) is 12.2 Å². The number of aryl methyl sites for hydroxylation is 1. The van der Waals surface area contributed by atoms with Gasteiger partial charge in [-0.2, -0.15) is 0 Å². The first-order valence-electron chi connectivity index (χ1n) is 8.59. The number of nitrogens with zero attached hydrogens (tertiary/aromatic N) is 2. The molecular weight excluding hydrogens is 342 g/mol. The average molecular weight is 359 g/mol. The molecule has 0 fully saturated rings. The molecular formula is C21H17N3O3. The van der Waals surface area contributed by atoms with Crippen LogP contribution in [0.3, 0.4) is 0 Å². The van der Waals surface area contributed by atoms with Crippen molar-refractivity contribution in [3.8, 4) is 22.6 Å². The number of hydrogen-bond acceptors (Lipinski definition) is 5. The van der Waals surface area contributed by atoms with Gasteiger partial charge in [-0.05, 0) is 24.1 Å². The molecule has 27 heavy (non-hydrogen) atoms. The predicted octanol–water partition coefficient (Wildman–Crippen LogP) is 4.81. The lowest BCUT2D eigenvalue weighted by molar-refractivity contribution is 0.102. The predicted molar refractivity (Wildman–Crippen MR) is 101 cm³/mol. The monoisotopic (exact) mass is 359 g/mol. The Morgan fingerprint density at radius 3 is 2.44 bits per heavy atom. The van der Waals surface area contributed by atoms with E-state index in [0.29, 0.717) is 22.9 Å². The second-order valence-corrected chi connectivity index (χ2v) is 6.02. The molecule has 4 rings (SSSR count). The van der Waals surface area contributed by atoms with Crippen LogP contribution in [0.4, 0.5) is 5.88 Å². The Hall–Kier alpha value is -3.67. The van der Waals surface area contributed by atoms with Crippen LogP contribution in [0.2, 0.25) is 0 Å². The highest BCUT2D eigenvalue weighted by Gasteiger charge is 2.12. The molecule has 0 radical (unpaired) electrons. The summed E-state index contributed by atoms with van der Waals surface area (Å²) < 4.78 is 10.5. The molecule has 0 spiro atoms. The van der Waals surface area contributed by atoms with Crippen LogP contribution in [0.5, 0.6) is 0 Å². The zero-order valence-electron chi connectivity index (χ0n) is 14.7. The van der Waals surface area contributed by atoms with Gasteiger partial charge in [0.25, 0.3) is 5.91 Å². The second-order valence-electron chi connectivity index (χ2n) is 6.02. The Morgan fingerprint density at radius 1 is 1.04 bits per heavy atom. The van der Waals surface area contributed by atoms with Gasteiger partial charge < -0.3 is 8.94 Å². The number of amides is 1. The van der Waals surface area contributed by atoms with Crippen LogP contribution >= 0.6 is 0 Å². The SMILES string of the molecule is CCc1ccc(-c2cc(NC(=O)c3ccc(-c4cnco4)cc3)on2)cc1. The van der Waals surface area contributed by atoms with Crippen LogP contribution in [0, 0.1) is 0 Å². The van der Waals surface area contributed by atoms with Gasteiger partial charge in [-0.1, -0.05) is 48.5 Å². The molecule has 0 saturated heterocycles. The average Bonchev–Trinajstić information content (AvgIpc) is 3.40. The van der Waals surface area contributed by atoms with Gasteiger partial charge in [0.1, 0.15) is 5.69 Å². The van der Waals surface area contributed by atoms with Crippen molar-refractivity contribution in [2.75, 3.05) is 5.32 Å². The maximum absolute atomic E-state index is 12.4. The van der Waals surface area contributed by atoms with Gasteiger partial charge >= 0.3 is 0 Å². The Kier molecular flexibility index (Phi) is 4.53. The first-order valence-corrected chi connectivity index (χ1v) is 8.59. The molecule has 2 aromatic carbocycles. The van der Waals surface area contributed by atoms with Gasteiger partial charge in [0.05, 0.1) is 6.20 Å². The third-order valence-corrected chi connectivity index (χ3v) is 4.27. The first-order chi connectivity index (χ1) is 13.2. The number of benzene rings is 2. The van der Waals surface area contributed by atoms with E-state index in [1.165, 1.54) is 12.0 Å². The smallest absolute Gasteiger partial charge is 0.258 e. The quantitative estimate of drug-likeness (QED) is 0.553. The zero-order chi connectivity index (χ0) is 18.6. The topological polar surface area (TPSA) is 81.2 Å². The molecule has 134 valence electrons. The zero-order valence-corrected chi connectivity index (χ0v) is 14.7. The summed E-state index contributed by atoms with van der Waals surface area (Å²) >= 11 is 0. The highest BCUT2D eigenvalue weighted by Crippen LogP contribution is 2.23. The van der Waals surface area contributed by atoms with Crippen LogP contribution in [0.25, 0.3) is 22.6 Å². The molecule has 0 bridgehead atoms. The van der Waals surface area contributed by atoms with E-state index in [9.17, 15) is 4.79 Å². The molecule has 0 aliphatic carbocycles. The fourth-order valence-electron chi connectivity index (χ4n) is 2.71. The van der Waals surface area contributed by atoms with E-state index in [0.717, 1.165) is 17.5 Å². The van der Waals surface area contributed by atoms with Crippen LogP contribution in [-0.4, -0.2) is 16.0 Å². The highest BCUT2D eigenvalue weighted by atomic mass is 16.5. The molecule has 0 aliphatic rings. The van der Waals surface area contributed by atoms with Crippen molar-refractivity contribution in [2.45, 2.75) is 13.3 Å². The molecule has 0 aliphatic heterocycles. The lowest BCUT2D eigenvalue weighted by atomic mass is 10.1.